The molecule has 5 heteroatoms. The Morgan fingerprint density at radius 1 is 0.923 bits per heavy atom. The third-order valence-electron chi connectivity index (χ3n) is 1.83. The average Bonchev–Trinajstić information content (AvgIpc) is 2.02. The number of hydrogen-bond acceptors (Lipinski definition) is 4. The fourth-order valence-corrected chi connectivity index (χ4v) is 1.33. The van der Waals surface area contributed by atoms with Gasteiger partial charge in [-0.05, 0) is 0 Å². The molecule has 0 aliphatic carbocycles. The van der Waals surface area contributed by atoms with Crippen molar-refractivity contribution in [2.45, 2.75) is 12.2 Å². The lowest BCUT2D eigenvalue weighted by Crippen LogP contribution is -2.51. The van der Waals surface area contributed by atoms with Crippen molar-refractivity contribution in [2.75, 3.05) is 40.4 Å². The van der Waals surface area contributed by atoms with Gasteiger partial charge in [-0.15, -0.1) is 0 Å². The van der Waals surface area contributed by atoms with Crippen LogP contribution in [-0.2, 0) is 0 Å². The van der Waals surface area contributed by atoms with Crippen molar-refractivity contribution in [3.05, 3.63) is 0 Å². The molecule has 0 amide bonds. The second kappa shape index (κ2) is 5.51. The highest BCUT2D eigenvalue weighted by Gasteiger charge is 2.23. The zero-order chi connectivity index (χ0) is 10.5. The maximum absolute atomic E-state index is 9.17. The van der Waals surface area contributed by atoms with E-state index in [0.29, 0.717) is 17.6 Å². The van der Waals surface area contributed by atoms with Gasteiger partial charge in [-0.25, -0.2) is 0 Å². The number of quaternary nitrogens is 1. The molecular weight excluding hydrogens is 174 g/mol. The van der Waals surface area contributed by atoms with Gasteiger partial charge in [-0.1, -0.05) is 0 Å². The van der Waals surface area contributed by atoms with Crippen molar-refractivity contribution in [1.82, 2.24) is 0 Å². The van der Waals surface area contributed by atoms with E-state index < -0.39 is 12.2 Å². The van der Waals surface area contributed by atoms with Crippen LogP contribution in [0.1, 0.15) is 0 Å². The predicted molar refractivity (Wildman–Crippen MR) is 48.0 cm³/mol. The van der Waals surface area contributed by atoms with E-state index in [2.05, 4.69) is 0 Å². The normalized spacial score (nSPS) is 17.1. The third kappa shape index (κ3) is 5.95. The van der Waals surface area contributed by atoms with Gasteiger partial charge < -0.3 is 24.9 Å². The maximum atomic E-state index is 9.17. The number of rotatable bonds is 6. The van der Waals surface area contributed by atoms with Gasteiger partial charge in [0.25, 0.3) is 0 Å². The van der Waals surface area contributed by atoms with Gasteiger partial charge in [-0.3, -0.25) is 0 Å². The van der Waals surface area contributed by atoms with Crippen LogP contribution in [0.15, 0.2) is 0 Å². The Kier molecular flexibility index (Phi) is 5.43. The van der Waals surface area contributed by atoms with Crippen LogP contribution < -0.4 is 0 Å². The molecule has 0 aliphatic heterocycles. The Labute approximate surface area is 78.4 Å². The lowest BCUT2D eigenvalue weighted by atomic mass is 10.2. The number of aliphatic hydroxyl groups is 4. The summed E-state index contributed by atoms with van der Waals surface area (Å²) in [5.74, 6) is 0. The van der Waals surface area contributed by atoms with Gasteiger partial charge >= 0.3 is 0 Å². The Hall–Kier alpha value is -0.200. The highest BCUT2D eigenvalue weighted by atomic mass is 16.3. The maximum Gasteiger partial charge on any atom is 0.126 e. The number of hydrogen-bond donors (Lipinski definition) is 4. The summed E-state index contributed by atoms with van der Waals surface area (Å²) in [7, 11) is 3.63. The molecule has 0 aliphatic rings. The molecule has 0 bridgehead atoms. The standard InChI is InChI=1S/C8H20NO4/c1-9(2,3-7(12)5-10)4-8(13)6-11/h7-8,10-13H,3-6H2,1-2H3/q+1/t7-,8-/m0/s1. The van der Waals surface area contributed by atoms with Gasteiger partial charge in [-0.2, -0.15) is 0 Å². The molecule has 0 spiro atoms. The molecule has 0 aromatic rings. The molecule has 0 fully saturated rings. The summed E-state index contributed by atoms with van der Waals surface area (Å²) in [6.07, 6.45) is -1.55. The van der Waals surface area contributed by atoms with Crippen LogP contribution in [0.25, 0.3) is 0 Å². The van der Waals surface area contributed by atoms with E-state index in [-0.39, 0.29) is 13.2 Å². The molecule has 0 radical (unpaired) electrons. The quantitative estimate of drug-likeness (QED) is 0.361. The Morgan fingerprint density at radius 2 is 1.23 bits per heavy atom. The smallest absolute Gasteiger partial charge is 0.126 e. The second-order valence-corrected chi connectivity index (χ2v) is 3.97. The van der Waals surface area contributed by atoms with Crippen LogP contribution in [0.3, 0.4) is 0 Å². The molecule has 0 heterocycles. The van der Waals surface area contributed by atoms with Crippen LogP contribution in [0, 0.1) is 0 Å². The van der Waals surface area contributed by atoms with Crippen LogP contribution in [0.2, 0.25) is 0 Å². The monoisotopic (exact) mass is 194 g/mol. The Bertz CT molecular complexity index is 126. The second-order valence-electron chi connectivity index (χ2n) is 3.97. The van der Waals surface area contributed by atoms with E-state index in [0.717, 1.165) is 0 Å². The van der Waals surface area contributed by atoms with Gasteiger partial charge in [0.1, 0.15) is 25.3 Å². The SMILES string of the molecule is C[N+](C)(C[C@H](O)CO)C[C@H](O)CO. The number of aliphatic hydroxyl groups excluding tert-OH is 4. The summed E-state index contributed by atoms with van der Waals surface area (Å²) < 4.78 is 0.365. The summed E-state index contributed by atoms with van der Waals surface area (Å²) in [4.78, 5) is 0. The first-order valence-corrected chi connectivity index (χ1v) is 4.31. The first-order chi connectivity index (χ1) is 5.91. The zero-order valence-corrected chi connectivity index (χ0v) is 8.22. The van der Waals surface area contributed by atoms with Crippen molar-refractivity contribution >= 4 is 0 Å². The van der Waals surface area contributed by atoms with E-state index in [4.69, 9.17) is 20.4 Å². The van der Waals surface area contributed by atoms with Crippen molar-refractivity contribution < 1.29 is 24.9 Å². The first kappa shape index (κ1) is 12.8. The molecule has 13 heavy (non-hydrogen) atoms. The molecule has 5 nitrogen and oxygen atoms in total. The number of likely N-dealkylation sites (N-methyl/N-ethyl adjacent to an activating group) is 1. The van der Waals surface area contributed by atoms with Crippen LogP contribution in [0.5, 0.6) is 0 Å². The van der Waals surface area contributed by atoms with E-state index in [1.54, 1.807) is 0 Å². The number of nitrogens with zero attached hydrogens (tertiary/aromatic N) is 1. The zero-order valence-electron chi connectivity index (χ0n) is 8.22. The summed E-state index contributed by atoms with van der Waals surface area (Å²) in [6, 6.07) is 0. The lowest BCUT2D eigenvalue weighted by molar-refractivity contribution is -0.896. The van der Waals surface area contributed by atoms with Crippen molar-refractivity contribution in [3.8, 4) is 0 Å². The Morgan fingerprint density at radius 3 is 1.46 bits per heavy atom. The molecule has 0 rings (SSSR count). The summed E-state index contributed by atoms with van der Waals surface area (Å²) in [5, 5.41) is 35.6. The third-order valence-corrected chi connectivity index (χ3v) is 1.83. The molecule has 0 aromatic carbocycles. The van der Waals surface area contributed by atoms with Gasteiger partial charge in [0.15, 0.2) is 0 Å². The molecule has 4 N–H and O–H groups in total. The molecule has 80 valence electrons. The van der Waals surface area contributed by atoms with Gasteiger partial charge in [0, 0.05) is 0 Å². The molecule has 0 aromatic heterocycles. The molecule has 0 saturated heterocycles. The topological polar surface area (TPSA) is 80.9 Å². The molecule has 0 unspecified atom stereocenters. The van der Waals surface area contributed by atoms with Crippen LogP contribution in [0.4, 0.5) is 0 Å². The first-order valence-electron chi connectivity index (χ1n) is 4.31. The van der Waals surface area contributed by atoms with Crippen LogP contribution in [-0.4, -0.2) is 77.5 Å². The average molecular weight is 194 g/mol. The van der Waals surface area contributed by atoms with Crippen LogP contribution >= 0.6 is 0 Å². The minimum Gasteiger partial charge on any atom is -0.393 e. The summed E-state index contributed by atoms with van der Waals surface area (Å²) in [5.41, 5.74) is 0. The minimum absolute atomic E-state index is 0.281. The highest BCUT2D eigenvalue weighted by molar-refractivity contribution is 4.54. The molecule has 2 atom stereocenters. The fourth-order valence-electron chi connectivity index (χ4n) is 1.33. The van der Waals surface area contributed by atoms with Gasteiger partial charge in [0.2, 0.25) is 0 Å². The van der Waals surface area contributed by atoms with E-state index >= 15 is 0 Å². The molecular formula is C8H20NO4+. The summed E-state index contributed by atoms with van der Waals surface area (Å²) >= 11 is 0. The largest absolute Gasteiger partial charge is 0.393 e. The van der Waals surface area contributed by atoms with E-state index in [9.17, 15) is 0 Å². The van der Waals surface area contributed by atoms with E-state index in [1.165, 1.54) is 0 Å². The molecule has 0 saturated carbocycles. The van der Waals surface area contributed by atoms with Crippen molar-refractivity contribution in [1.29, 1.82) is 0 Å². The van der Waals surface area contributed by atoms with Crippen molar-refractivity contribution in [2.24, 2.45) is 0 Å². The van der Waals surface area contributed by atoms with E-state index in [1.807, 2.05) is 14.1 Å². The lowest BCUT2D eigenvalue weighted by Gasteiger charge is -2.32. The van der Waals surface area contributed by atoms with Gasteiger partial charge in [0.05, 0.1) is 27.3 Å². The summed E-state index contributed by atoms with van der Waals surface area (Å²) in [6.45, 7) is 0.148. The minimum atomic E-state index is -0.777. The highest BCUT2D eigenvalue weighted by Crippen LogP contribution is 2.01. The predicted octanol–water partition coefficient (Wildman–Crippen LogP) is -2.23. The Balaban J connectivity index is 3.92. The fraction of sp³-hybridized carbons (Fsp3) is 1.00. The van der Waals surface area contributed by atoms with Crippen molar-refractivity contribution in [3.63, 3.8) is 0 Å².